The molecule has 0 heterocycles. The predicted molar refractivity (Wildman–Crippen MR) is 414 cm³/mol. The predicted octanol–water partition coefficient (Wildman–Crippen LogP) is 12.1. The van der Waals surface area contributed by atoms with E-state index in [-0.39, 0.29) is 100 Å². The summed E-state index contributed by atoms with van der Waals surface area (Å²) in [5, 5.41) is 143. The topological polar surface area (TPSA) is 708 Å². The molecule has 0 aliphatic carbocycles. The highest BCUT2D eigenvalue weighted by Crippen LogP contribution is 2.28. The number of non-ortho nitro benzene ring substituents is 5. The zero-order chi connectivity index (χ0) is 86.9. The smallest absolute Gasteiger partial charge is 0.339 e. The number of carboxylic acid groups (broad SMARTS) is 5. The maximum Gasteiger partial charge on any atom is 0.339 e. The van der Waals surface area contributed by atoms with E-state index in [0.717, 1.165) is 90.1 Å². The summed E-state index contributed by atoms with van der Waals surface area (Å²) in [5.41, 5.74) is 16.6. The third kappa shape index (κ3) is 31.4. The number of nitro groups is 5. The number of phenols is 5. The van der Waals surface area contributed by atoms with Crippen LogP contribution in [0.5, 0.6) is 28.7 Å². The van der Waals surface area contributed by atoms with Gasteiger partial charge in [-0.1, -0.05) is 28.1 Å². The van der Waals surface area contributed by atoms with Crippen molar-refractivity contribution in [2.24, 2.45) is 0 Å². The van der Waals surface area contributed by atoms with Crippen molar-refractivity contribution < 1.29 is 126 Å². The Balaban J connectivity index is 0.000000347. The van der Waals surface area contributed by atoms with Gasteiger partial charge in [-0.3, -0.25) is 64.9 Å². The molecule has 10 aromatic rings. The molecule has 0 fully saturated rings. The highest BCUT2D eigenvalue weighted by molar-refractivity contribution is 9.09. The number of nitrogen functional groups attached to an aromatic ring is 3. The van der Waals surface area contributed by atoms with Crippen molar-refractivity contribution >= 4 is 155 Å². The van der Waals surface area contributed by atoms with Crippen LogP contribution >= 0.6 is 38.2 Å². The van der Waals surface area contributed by atoms with Crippen molar-refractivity contribution in [1.29, 1.82) is 0 Å². The minimum atomic E-state index is -4.06. The van der Waals surface area contributed by atoms with Crippen LogP contribution in [0.15, 0.2) is 222 Å². The molecule has 0 bridgehead atoms. The number of carbonyl (C=O) groups is 7. The number of nitrogens with one attached hydrogen (secondary N) is 2. The van der Waals surface area contributed by atoms with Gasteiger partial charge in [-0.05, 0) is 163 Å². The number of benzene rings is 10. The lowest BCUT2D eigenvalue weighted by Gasteiger charge is -2.09. The molecule has 10 aromatic carbocycles. The number of rotatable bonds is 19. The SMILES string of the molecule is Nc1ccc(O)c(C(=O)O)c1.Nc1ccc(O)c(C(=O)O)c1.Nc1ccc(O)c(C(=O)O)c1.O=C(Cl)c1ccc([N+](=O)[O-])cc1.O=C(Nc1ccc(O)c(C(=O)O)c1)c1ccc([N+](=O)[O-])cc1.O=C(O)c1cc(NS(=O)(=O)c2ccc([N+](=O)[O-])cc2)ccc1O.O=[N+]([O-])c1ccc(CCBr)cc1.O=[N+]([O-])c1ccc(S(=O)(=O)Cl)cc1. The highest BCUT2D eigenvalue weighted by Gasteiger charge is 2.20. The number of nitrogens with zero attached hydrogens (tertiary/aromatic N) is 5. The molecule has 0 radical (unpaired) electrons. The molecule has 0 aliphatic rings. The molecular weight excluding hydrogens is 1680 g/mol. The molecular formula is C69H57BrCl2N10O31S2. The Morgan fingerprint density at radius 2 is 0.635 bits per heavy atom. The monoisotopic (exact) mass is 1730 g/mol. The first kappa shape index (κ1) is 94.1. The van der Waals surface area contributed by atoms with Crippen LogP contribution < -0.4 is 27.2 Å². The van der Waals surface area contributed by atoms with Gasteiger partial charge in [-0.25, -0.2) is 40.8 Å². The second-order valence-electron chi connectivity index (χ2n) is 21.6. The van der Waals surface area contributed by atoms with Crippen molar-refractivity contribution in [3.8, 4) is 28.7 Å². The largest absolute Gasteiger partial charge is 0.507 e. The normalized spacial score (nSPS) is 10.1. The van der Waals surface area contributed by atoms with Gasteiger partial charge in [0.1, 0.15) is 56.6 Å². The first-order valence-electron chi connectivity index (χ1n) is 30.5. The van der Waals surface area contributed by atoms with Crippen LogP contribution in [-0.4, -0.2) is 139 Å². The maximum atomic E-state index is 12.2. The second-order valence-corrected chi connectivity index (χ2v) is 26.9. The fourth-order valence-electron chi connectivity index (χ4n) is 7.97. The van der Waals surface area contributed by atoms with Gasteiger partial charge in [0, 0.05) is 116 Å². The summed E-state index contributed by atoms with van der Waals surface area (Å²) in [5.74, 6) is -8.60. The zero-order valence-corrected chi connectivity index (χ0v) is 62.3. The number of aromatic hydroxyl groups is 5. The van der Waals surface area contributed by atoms with Crippen molar-refractivity contribution in [2.75, 3.05) is 32.6 Å². The summed E-state index contributed by atoms with van der Waals surface area (Å²) >= 11 is 8.43. The number of hydrogen-bond donors (Lipinski definition) is 15. The zero-order valence-electron chi connectivity index (χ0n) is 57.6. The van der Waals surface area contributed by atoms with Crippen LogP contribution in [0.3, 0.4) is 0 Å². The minimum absolute atomic E-state index is 0.0586. The first-order valence-corrected chi connectivity index (χ1v) is 35.8. The Labute approximate surface area is 662 Å². The van der Waals surface area contributed by atoms with E-state index in [9.17, 15) is 111 Å². The van der Waals surface area contributed by atoms with E-state index in [4.69, 9.17) is 80.3 Å². The minimum Gasteiger partial charge on any atom is -0.507 e. The van der Waals surface area contributed by atoms with E-state index >= 15 is 0 Å². The van der Waals surface area contributed by atoms with Crippen molar-refractivity contribution in [1.82, 2.24) is 0 Å². The molecule has 46 heteroatoms. The molecule has 41 nitrogen and oxygen atoms in total. The summed E-state index contributed by atoms with van der Waals surface area (Å²) in [6.07, 6.45) is 0.901. The van der Waals surface area contributed by atoms with Crippen LogP contribution in [0.1, 0.15) is 78.1 Å². The van der Waals surface area contributed by atoms with Gasteiger partial charge in [-0.15, -0.1) is 0 Å². The third-order valence-electron chi connectivity index (χ3n) is 13.6. The van der Waals surface area contributed by atoms with Crippen molar-refractivity contribution in [3.05, 3.63) is 307 Å². The number of halogens is 3. The molecule has 0 saturated heterocycles. The Hall–Kier alpha value is -15.2. The average molecular weight is 1740 g/mol. The van der Waals surface area contributed by atoms with Gasteiger partial charge in [0.2, 0.25) is 0 Å². The van der Waals surface area contributed by atoms with E-state index in [1.54, 1.807) is 12.1 Å². The van der Waals surface area contributed by atoms with Gasteiger partial charge < -0.3 is 73.6 Å². The molecule has 602 valence electrons. The Morgan fingerprint density at radius 1 is 0.374 bits per heavy atom. The first-order chi connectivity index (χ1) is 53.7. The van der Waals surface area contributed by atoms with E-state index in [2.05, 4.69) is 26.0 Å². The summed E-state index contributed by atoms with van der Waals surface area (Å²) in [7, 11) is -2.86. The van der Waals surface area contributed by atoms with Gasteiger partial charge in [-0.2, -0.15) is 0 Å². The second kappa shape index (κ2) is 43.9. The lowest BCUT2D eigenvalue weighted by Crippen LogP contribution is -2.13. The molecule has 0 spiro atoms. The van der Waals surface area contributed by atoms with E-state index in [0.29, 0.717) is 17.1 Å². The number of hydrogen-bond acceptors (Lipinski definition) is 29. The number of carboxylic acids is 5. The fourth-order valence-corrected chi connectivity index (χ4v) is 10.4. The van der Waals surface area contributed by atoms with Gasteiger partial charge >= 0.3 is 29.8 Å². The summed E-state index contributed by atoms with van der Waals surface area (Å²) in [6.45, 7) is 0. The molecule has 18 N–H and O–H groups in total. The molecule has 10 rings (SSSR count). The number of amides is 1. The Kier molecular flexibility index (Phi) is 35.9. The van der Waals surface area contributed by atoms with Crippen molar-refractivity contribution in [3.63, 3.8) is 0 Å². The van der Waals surface area contributed by atoms with Crippen LogP contribution in [0, 0.1) is 50.6 Å². The van der Waals surface area contributed by atoms with Crippen LogP contribution in [0.4, 0.5) is 56.9 Å². The molecule has 0 atom stereocenters. The van der Waals surface area contributed by atoms with Crippen LogP contribution in [0.2, 0.25) is 0 Å². The number of anilines is 5. The standard InChI is InChI=1S/C14H10N2O6.C13H10N2O7S.C8H8BrNO2.C7H4ClNO3.3C7H7NO3.C6H4ClNO4S/c17-12-6-3-9(7-11(12)14(19)20)15-13(18)8-1-4-10(5-2-8)16(21)22;16-12-6-1-8(7-11(12)13(17)18)14-23(21,22)10-4-2-9(3-5-10)15(19)20;9-6-5-7-1-3-8(4-2-7)10(11)12;8-7(10)5-1-3-6(4-2-5)9(11)12;3*8-4-1-2-6(9)5(3-4)7(10)11;7-13(11,12)6-3-1-5(2-4-6)8(9)10/h1-7,17H,(H,15,18)(H,19,20);1-7,14,16H,(H,17,18);1-4H,5-6H2;1-4H;3*1-3,9H,8H2,(H,10,11);1-4H. The molecule has 0 aliphatic heterocycles. The van der Waals surface area contributed by atoms with Gasteiger partial charge in [0.15, 0.2) is 0 Å². The molecule has 1 amide bonds. The average Bonchev–Trinajstić information content (AvgIpc) is 0.814. The fraction of sp³-hybridized carbons (Fsp3) is 0.0290. The number of alkyl halides is 1. The molecule has 0 unspecified atom stereocenters. The number of carbonyl (C=O) groups excluding carboxylic acids is 2. The summed E-state index contributed by atoms with van der Waals surface area (Å²) in [4.78, 5) is 124. The number of nitrogens with two attached hydrogens (primary N) is 3. The molecule has 0 saturated carbocycles. The van der Waals surface area contributed by atoms with Crippen LogP contribution in [0.25, 0.3) is 0 Å². The number of aromatic carboxylic acids is 5. The lowest BCUT2D eigenvalue weighted by atomic mass is 10.1. The van der Waals surface area contributed by atoms with E-state index in [1.807, 2.05) is 0 Å². The van der Waals surface area contributed by atoms with E-state index in [1.165, 1.54) is 127 Å². The third-order valence-corrected chi connectivity index (χ3v) is 17.0. The molecule has 0 aromatic heterocycles. The quantitative estimate of drug-likeness (QED) is 0.00893. The van der Waals surface area contributed by atoms with E-state index < -0.39 is 102 Å². The number of sulfonamides is 1. The van der Waals surface area contributed by atoms with Crippen molar-refractivity contribution in [2.45, 2.75) is 16.2 Å². The Morgan fingerprint density at radius 3 is 0.913 bits per heavy atom. The Bertz CT molecular complexity index is 5330. The summed E-state index contributed by atoms with van der Waals surface area (Å²) in [6, 6.07) is 43.6. The maximum absolute atomic E-state index is 12.2. The van der Waals surface area contributed by atoms with Gasteiger partial charge in [0.05, 0.1) is 34.4 Å². The number of nitro benzene ring substituents is 5. The summed E-state index contributed by atoms with van der Waals surface area (Å²) < 4.78 is 47.9. The number of aryl methyl sites for hydroxylation is 1. The highest BCUT2D eigenvalue weighted by atomic mass is 79.9. The lowest BCUT2D eigenvalue weighted by molar-refractivity contribution is -0.385. The molecule has 115 heavy (non-hydrogen) atoms. The van der Waals surface area contributed by atoms with Crippen LogP contribution in [-0.2, 0) is 25.5 Å². The van der Waals surface area contributed by atoms with Gasteiger partial charge in [0.25, 0.3) is 58.7 Å².